The summed E-state index contributed by atoms with van der Waals surface area (Å²) in [5, 5.41) is 0. The number of alkyl halides is 3. The lowest BCUT2D eigenvalue weighted by Gasteiger charge is -2.34. The number of aliphatic imine (C=N–C) groups is 1. The zero-order chi connectivity index (χ0) is 32.8. The van der Waals surface area contributed by atoms with E-state index in [0.29, 0.717) is 48.6 Å². The highest BCUT2D eigenvalue weighted by atomic mass is 19.4. The molecule has 13 heteroatoms. The Morgan fingerprint density at radius 3 is 2.35 bits per heavy atom. The summed E-state index contributed by atoms with van der Waals surface area (Å²) in [6, 6.07) is 8.07. The summed E-state index contributed by atoms with van der Waals surface area (Å²) in [5.74, 6) is -1.91. The number of amides is 2. The van der Waals surface area contributed by atoms with Crippen LogP contribution in [-0.2, 0) is 34.3 Å². The van der Waals surface area contributed by atoms with Crippen molar-refractivity contribution < 1.29 is 31.9 Å². The number of carbonyl (C=O) groups is 2. The first-order valence-electron chi connectivity index (χ1n) is 15.2. The SMILES string of the molecule is CC(C)CC(c1ccc(C(F)(F)F)c(C(=O)N2Cc3nccnc3C2)c1)N1C(=O)[C@@](C[C@@H]2CCOC2)(c2ccc(F)cc2)N=C1N. The summed E-state index contributed by atoms with van der Waals surface area (Å²) in [6.45, 7) is 4.84. The maximum Gasteiger partial charge on any atom is 0.417 e. The number of nitrogens with two attached hydrogens (primary N) is 1. The molecule has 3 aromatic rings. The fourth-order valence-corrected chi connectivity index (χ4v) is 6.65. The molecule has 2 N–H and O–H groups in total. The zero-order valence-electron chi connectivity index (χ0n) is 25.4. The smallest absolute Gasteiger partial charge is 0.381 e. The van der Waals surface area contributed by atoms with Gasteiger partial charge in [0.25, 0.3) is 11.8 Å². The zero-order valence-corrected chi connectivity index (χ0v) is 25.4. The number of fused-ring (bicyclic) bond motifs is 1. The van der Waals surface area contributed by atoms with Crippen LogP contribution >= 0.6 is 0 Å². The number of rotatable bonds is 8. The van der Waals surface area contributed by atoms with Gasteiger partial charge >= 0.3 is 6.18 Å². The first-order chi connectivity index (χ1) is 21.9. The molecule has 4 heterocycles. The summed E-state index contributed by atoms with van der Waals surface area (Å²) in [4.78, 5) is 44.1. The Morgan fingerprint density at radius 1 is 1.09 bits per heavy atom. The number of carbonyl (C=O) groups excluding carboxylic acids is 2. The van der Waals surface area contributed by atoms with Crippen molar-refractivity contribution in [3.63, 3.8) is 0 Å². The van der Waals surface area contributed by atoms with E-state index in [1.54, 1.807) is 0 Å². The van der Waals surface area contributed by atoms with Crippen molar-refractivity contribution in [2.24, 2.45) is 22.6 Å². The van der Waals surface area contributed by atoms with Crippen LogP contribution in [0.15, 0.2) is 59.9 Å². The van der Waals surface area contributed by atoms with E-state index in [1.807, 2.05) is 13.8 Å². The minimum Gasteiger partial charge on any atom is -0.381 e. The molecule has 46 heavy (non-hydrogen) atoms. The Labute approximate surface area is 263 Å². The van der Waals surface area contributed by atoms with E-state index < -0.39 is 46.5 Å². The monoisotopic (exact) mass is 638 g/mol. The normalized spacial score (nSPS) is 22.0. The van der Waals surface area contributed by atoms with Gasteiger partial charge in [-0.25, -0.2) is 9.38 Å². The first-order valence-corrected chi connectivity index (χ1v) is 15.2. The van der Waals surface area contributed by atoms with Gasteiger partial charge in [0.15, 0.2) is 11.5 Å². The molecule has 0 saturated carbocycles. The van der Waals surface area contributed by atoms with Gasteiger partial charge in [-0.1, -0.05) is 32.0 Å². The molecule has 1 saturated heterocycles. The lowest BCUT2D eigenvalue weighted by molar-refractivity contribution is -0.138. The van der Waals surface area contributed by atoms with Crippen molar-refractivity contribution in [3.05, 3.63) is 94.3 Å². The largest absolute Gasteiger partial charge is 0.417 e. The fraction of sp³-hybridized carbons (Fsp3) is 0.424. The molecule has 3 aliphatic rings. The number of benzene rings is 2. The van der Waals surface area contributed by atoms with Crippen molar-refractivity contribution in [2.45, 2.75) is 64.0 Å². The Morgan fingerprint density at radius 2 is 1.76 bits per heavy atom. The third-order valence-corrected chi connectivity index (χ3v) is 8.85. The summed E-state index contributed by atoms with van der Waals surface area (Å²) in [6.07, 6.45) is -0.596. The molecule has 0 radical (unpaired) electrons. The van der Waals surface area contributed by atoms with E-state index in [0.717, 1.165) is 6.07 Å². The molecule has 6 rings (SSSR count). The Hall–Kier alpha value is -4.39. The van der Waals surface area contributed by atoms with E-state index in [9.17, 15) is 27.2 Å². The molecular formula is C33H34F4N6O3. The average Bonchev–Trinajstić information content (AvgIpc) is 3.74. The van der Waals surface area contributed by atoms with E-state index in [2.05, 4.69) is 9.97 Å². The van der Waals surface area contributed by atoms with Crippen molar-refractivity contribution in [1.29, 1.82) is 0 Å². The topological polar surface area (TPSA) is 114 Å². The van der Waals surface area contributed by atoms with Crippen LogP contribution in [0.5, 0.6) is 0 Å². The highest BCUT2D eigenvalue weighted by molar-refractivity contribution is 6.07. The van der Waals surface area contributed by atoms with Crippen LogP contribution in [0, 0.1) is 17.7 Å². The molecule has 1 aromatic heterocycles. The average molecular weight is 639 g/mol. The Bertz CT molecular complexity index is 1650. The van der Waals surface area contributed by atoms with Gasteiger partial charge < -0.3 is 15.4 Å². The van der Waals surface area contributed by atoms with Gasteiger partial charge in [-0.2, -0.15) is 13.2 Å². The predicted octanol–water partition coefficient (Wildman–Crippen LogP) is 5.36. The standard InChI is InChI=1S/C33H34F4N6O3/c1-19(2)13-28(43-30(45)32(41-31(43)38,15-20-9-12-46-18-20)22-4-6-23(34)7-5-22)21-3-8-25(33(35,36)37)24(14-21)29(44)42-16-26-27(17-42)40-11-10-39-26/h3-8,10-11,14,19-20,28H,9,12-13,15-18H2,1-2H3,(H2,38,41)/t20-,28?,32+/m0/s1. The number of nitrogens with zero attached hydrogens (tertiary/aromatic N) is 5. The van der Waals surface area contributed by atoms with Gasteiger partial charge in [-0.05, 0) is 66.5 Å². The summed E-state index contributed by atoms with van der Waals surface area (Å²) in [7, 11) is 0. The number of aromatic nitrogens is 2. The molecule has 0 bridgehead atoms. The van der Waals surface area contributed by atoms with Crippen LogP contribution in [0.1, 0.15) is 77.6 Å². The van der Waals surface area contributed by atoms with Gasteiger partial charge in [0.2, 0.25) is 0 Å². The van der Waals surface area contributed by atoms with Crippen molar-refractivity contribution in [1.82, 2.24) is 19.8 Å². The molecule has 1 fully saturated rings. The second kappa shape index (κ2) is 12.1. The summed E-state index contributed by atoms with van der Waals surface area (Å²) < 4.78 is 62.4. The lowest BCUT2D eigenvalue weighted by Crippen LogP contribution is -2.46. The molecule has 1 unspecified atom stereocenters. The highest BCUT2D eigenvalue weighted by Crippen LogP contribution is 2.45. The van der Waals surface area contributed by atoms with Crippen molar-refractivity contribution in [2.75, 3.05) is 13.2 Å². The minimum atomic E-state index is -4.81. The Balaban J connectivity index is 1.41. The summed E-state index contributed by atoms with van der Waals surface area (Å²) >= 11 is 0. The molecule has 242 valence electrons. The number of hydrogen-bond acceptors (Lipinski definition) is 7. The van der Waals surface area contributed by atoms with Crippen LogP contribution in [0.2, 0.25) is 0 Å². The molecule has 0 aliphatic carbocycles. The second-order valence-electron chi connectivity index (χ2n) is 12.5. The van der Waals surface area contributed by atoms with Crippen LogP contribution < -0.4 is 5.73 Å². The van der Waals surface area contributed by atoms with Crippen LogP contribution in [0.4, 0.5) is 17.6 Å². The number of hydrogen-bond donors (Lipinski definition) is 1. The van der Waals surface area contributed by atoms with Gasteiger partial charge in [0.05, 0.1) is 41.6 Å². The van der Waals surface area contributed by atoms with Crippen LogP contribution in [-0.4, -0.2) is 50.8 Å². The number of halogens is 4. The molecule has 2 amide bonds. The fourth-order valence-electron chi connectivity index (χ4n) is 6.65. The van der Waals surface area contributed by atoms with Crippen LogP contribution in [0.25, 0.3) is 0 Å². The minimum absolute atomic E-state index is 0.0158. The van der Waals surface area contributed by atoms with Gasteiger partial charge in [0, 0.05) is 25.6 Å². The van der Waals surface area contributed by atoms with Crippen LogP contribution in [0.3, 0.4) is 0 Å². The molecular weight excluding hydrogens is 604 g/mol. The van der Waals surface area contributed by atoms with Gasteiger partial charge in [-0.3, -0.25) is 24.5 Å². The molecule has 9 nitrogen and oxygen atoms in total. The third kappa shape index (κ3) is 5.83. The van der Waals surface area contributed by atoms with E-state index in [1.165, 1.54) is 58.6 Å². The maximum absolute atomic E-state index is 14.6. The predicted molar refractivity (Wildman–Crippen MR) is 159 cm³/mol. The molecule has 3 aliphatic heterocycles. The number of ether oxygens (including phenoxy) is 1. The molecule has 3 atom stereocenters. The van der Waals surface area contributed by atoms with Gasteiger partial charge in [0.1, 0.15) is 5.82 Å². The number of guanidine groups is 1. The highest BCUT2D eigenvalue weighted by Gasteiger charge is 2.53. The quantitative estimate of drug-likeness (QED) is 0.333. The van der Waals surface area contributed by atoms with Crippen molar-refractivity contribution >= 4 is 17.8 Å². The van der Waals surface area contributed by atoms with E-state index in [-0.39, 0.29) is 37.3 Å². The summed E-state index contributed by atoms with van der Waals surface area (Å²) in [5.41, 5.74) is 5.24. The molecule has 2 aromatic carbocycles. The second-order valence-corrected chi connectivity index (χ2v) is 12.5. The maximum atomic E-state index is 14.6. The first kappa shape index (κ1) is 31.6. The van der Waals surface area contributed by atoms with Gasteiger partial charge in [-0.15, -0.1) is 0 Å². The third-order valence-electron chi connectivity index (χ3n) is 8.85. The van der Waals surface area contributed by atoms with E-state index in [4.69, 9.17) is 15.5 Å². The van der Waals surface area contributed by atoms with Crippen molar-refractivity contribution in [3.8, 4) is 0 Å². The molecule has 0 spiro atoms. The van der Waals surface area contributed by atoms with E-state index >= 15 is 0 Å². The lowest BCUT2D eigenvalue weighted by atomic mass is 9.80. The Kier molecular flexibility index (Phi) is 8.30.